The molecule has 0 saturated heterocycles. The first kappa shape index (κ1) is 17.4. The summed E-state index contributed by atoms with van der Waals surface area (Å²) in [5.41, 5.74) is 7.06. The highest BCUT2D eigenvalue weighted by Crippen LogP contribution is 2.37. The molecule has 0 bridgehead atoms. The number of primary amides is 1. The minimum atomic E-state index is -2.76. The number of aromatic nitrogens is 4. The van der Waals surface area contributed by atoms with Crippen LogP contribution in [0.1, 0.15) is 53.3 Å². The molecule has 2 heterocycles. The Kier molecular flexibility index (Phi) is 5.03. The van der Waals surface area contributed by atoms with E-state index in [4.69, 9.17) is 5.73 Å². The van der Waals surface area contributed by atoms with Gasteiger partial charge in [-0.05, 0) is 38.5 Å². The Balaban J connectivity index is 1.88. The number of alkyl halides is 2. The second-order valence-corrected chi connectivity index (χ2v) is 6.08. The van der Waals surface area contributed by atoms with E-state index in [9.17, 15) is 13.6 Å². The van der Waals surface area contributed by atoms with Crippen molar-refractivity contribution in [2.45, 2.75) is 51.2 Å². The fourth-order valence-corrected chi connectivity index (χ4v) is 3.37. The van der Waals surface area contributed by atoms with Gasteiger partial charge in [-0.15, -0.1) is 0 Å². The summed E-state index contributed by atoms with van der Waals surface area (Å²) in [5, 5.41) is 0. The largest absolute Gasteiger partial charge is 0.364 e. The van der Waals surface area contributed by atoms with E-state index >= 15 is 0 Å². The molecule has 2 aromatic rings. The standard InChI is InChI=1S/C16H19F2N5O2/c1-9-12(10-2-4-11(5-3-10)25-15(17)18)13(14(19)24)22-16(21-9)23-7-6-20-8-23/h6-8,10-11,15H,2-5H2,1H3,(H2,19,24). The first-order valence-electron chi connectivity index (χ1n) is 8.06. The monoisotopic (exact) mass is 351 g/mol. The summed E-state index contributed by atoms with van der Waals surface area (Å²) < 4.78 is 30.9. The van der Waals surface area contributed by atoms with Crippen LogP contribution in [0, 0.1) is 6.92 Å². The predicted molar refractivity (Wildman–Crippen MR) is 84.5 cm³/mol. The van der Waals surface area contributed by atoms with Crippen LogP contribution in [0.2, 0.25) is 0 Å². The van der Waals surface area contributed by atoms with Crippen molar-refractivity contribution in [2.75, 3.05) is 0 Å². The number of amides is 1. The Morgan fingerprint density at radius 2 is 2.04 bits per heavy atom. The van der Waals surface area contributed by atoms with Gasteiger partial charge in [0.25, 0.3) is 5.91 Å². The summed E-state index contributed by atoms with van der Waals surface area (Å²) in [6.07, 6.45) is 6.56. The van der Waals surface area contributed by atoms with E-state index in [0.717, 1.165) is 0 Å². The molecule has 2 N–H and O–H groups in total. The van der Waals surface area contributed by atoms with Crippen LogP contribution in [0.15, 0.2) is 18.7 Å². The lowest BCUT2D eigenvalue weighted by Gasteiger charge is -2.29. The van der Waals surface area contributed by atoms with Crippen LogP contribution in [0.5, 0.6) is 0 Å². The number of aryl methyl sites for hydroxylation is 1. The topological polar surface area (TPSA) is 95.9 Å². The van der Waals surface area contributed by atoms with Gasteiger partial charge in [-0.1, -0.05) is 0 Å². The van der Waals surface area contributed by atoms with E-state index in [1.54, 1.807) is 23.9 Å². The lowest BCUT2D eigenvalue weighted by Crippen LogP contribution is -2.26. The number of nitrogens with two attached hydrogens (primary N) is 1. The zero-order valence-corrected chi connectivity index (χ0v) is 13.7. The molecule has 2 aromatic heterocycles. The highest BCUT2D eigenvalue weighted by molar-refractivity contribution is 5.92. The van der Waals surface area contributed by atoms with Crippen LogP contribution in [-0.4, -0.2) is 38.1 Å². The summed E-state index contributed by atoms with van der Waals surface area (Å²) in [6.45, 7) is -0.965. The second kappa shape index (κ2) is 7.22. The third-order valence-corrected chi connectivity index (χ3v) is 4.47. The first-order chi connectivity index (χ1) is 12.0. The maximum absolute atomic E-state index is 12.3. The van der Waals surface area contributed by atoms with Crippen molar-refractivity contribution in [3.63, 3.8) is 0 Å². The average Bonchev–Trinajstić information content (AvgIpc) is 3.09. The van der Waals surface area contributed by atoms with Crippen molar-refractivity contribution < 1.29 is 18.3 Å². The molecule has 1 amide bonds. The fourth-order valence-electron chi connectivity index (χ4n) is 3.37. The Bertz CT molecular complexity index is 743. The Hall–Kier alpha value is -2.42. The van der Waals surface area contributed by atoms with Crippen LogP contribution in [0.4, 0.5) is 8.78 Å². The molecule has 3 rings (SSSR count). The third kappa shape index (κ3) is 3.81. The maximum atomic E-state index is 12.3. The van der Waals surface area contributed by atoms with Crippen molar-refractivity contribution >= 4 is 5.91 Å². The van der Waals surface area contributed by atoms with E-state index in [-0.39, 0.29) is 11.6 Å². The Labute approximate surface area is 143 Å². The highest BCUT2D eigenvalue weighted by atomic mass is 19.3. The van der Waals surface area contributed by atoms with Crippen LogP contribution in [-0.2, 0) is 4.74 Å². The van der Waals surface area contributed by atoms with Crippen molar-refractivity contribution in [3.05, 3.63) is 35.7 Å². The number of hydrogen-bond donors (Lipinski definition) is 1. The number of ether oxygens (including phenoxy) is 1. The molecule has 0 spiro atoms. The summed E-state index contributed by atoms with van der Waals surface area (Å²) in [5.74, 6) is -0.313. The van der Waals surface area contributed by atoms with Gasteiger partial charge in [0.15, 0.2) is 0 Å². The SMILES string of the molecule is Cc1nc(-n2ccnc2)nc(C(N)=O)c1C1CCC(OC(F)F)CC1. The molecule has 0 unspecified atom stereocenters. The molecular formula is C16H19F2N5O2. The number of carbonyl (C=O) groups is 1. The van der Waals surface area contributed by atoms with Gasteiger partial charge < -0.3 is 10.5 Å². The smallest absolute Gasteiger partial charge is 0.345 e. The molecule has 1 fully saturated rings. The van der Waals surface area contributed by atoms with Crippen LogP contribution >= 0.6 is 0 Å². The number of halogens is 2. The van der Waals surface area contributed by atoms with Gasteiger partial charge in [0, 0.05) is 23.7 Å². The van der Waals surface area contributed by atoms with Gasteiger partial charge in [-0.3, -0.25) is 9.36 Å². The van der Waals surface area contributed by atoms with Crippen LogP contribution < -0.4 is 5.73 Å². The molecule has 1 aliphatic rings. The van der Waals surface area contributed by atoms with E-state index < -0.39 is 18.6 Å². The molecule has 0 aliphatic heterocycles. The number of hydrogen-bond acceptors (Lipinski definition) is 5. The van der Waals surface area contributed by atoms with Crippen molar-refractivity contribution in [1.82, 2.24) is 19.5 Å². The van der Waals surface area contributed by atoms with E-state index in [1.165, 1.54) is 6.33 Å². The minimum Gasteiger partial charge on any atom is -0.364 e. The molecule has 134 valence electrons. The molecule has 1 aliphatic carbocycles. The number of nitrogens with zero attached hydrogens (tertiary/aromatic N) is 4. The number of carbonyl (C=O) groups excluding carboxylic acids is 1. The van der Waals surface area contributed by atoms with Gasteiger partial charge in [0.05, 0.1) is 6.10 Å². The van der Waals surface area contributed by atoms with Crippen molar-refractivity contribution in [3.8, 4) is 5.95 Å². The lowest BCUT2D eigenvalue weighted by molar-refractivity contribution is -0.170. The van der Waals surface area contributed by atoms with Crippen LogP contribution in [0.25, 0.3) is 5.95 Å². The zero-order chi connectivity index (χ0) is 18.0. The van der Waals surface area contributed by atoms with Gasteiger partial charge >= 0.3 is 6.61 Å². The van der Waals surface area contributed by atoms with E-state index in [2.05, 4.69) is 19.7 Å². The average molecular weight is 351 g/mol. The second-order valence-electron chi connectivity index (χ2n) is 6.08. The normalized spacial score (nSPS) is 20.8. The quantitative estimate of drug-likeness (QED) is 0.892. The molecule has 7 nitrogen and oxygen atoms in total. The molecule has 0 radical (unpaired) electrons. The van der Waals surface area contributed by atoms with Gasteiger partial charge in [-0.25, -0.2) is 15.0 Å². The molecule has 1 saturated carbocycles. The highest BCUT2D eigenvalue weighted by Gasteiger charge is 2.30. The predicted octanol–water partition coefficient (Wildman–Crippen LogP) is 2.34. The van der Waals surface area contributed by atoms with E-state index in [0.29, 0.717) is 42.9 Å². The number of rotatable bonds is 5. The van der Waals surface area contributed by atoms with Crippen molar-refractivity contribution in [2.24, 2.45) is 5.73 Å². The lowest BCUT2D eigenvalue weighted by atomic mass is 9.81. The third-order valence-electron chi connectivity index (χ3n) is 4.47. The Morgan fingerprint density at radius 1 is 1.32 bits per heavy atom. The zero-order valence-electron chi connectivity index (χ0n) is 13.7. The number of imidazole rings is 1. The fraction of sp³-hybridized carbons (Fsp3) is 0.500. The maximum Gasteiger partial charge on any atom is 0.345 e. The van der Waals surface area contributed by atoms with Crippen LogP contribution in [0.3, 0.4) is 0 Å². The van der Waals surface area contributed by atoms with E-state index in [1.807, 2.05) is 0 Å². The molecule has 0 aromatic carbocycles. The summed E-state index contributed by atoms with van der Waals surface area (Å²) in [4.78, 5) is 24.6. The van der Waals surface area contributed by atoms with Gasteiger partial charge in [0.2, 0.25) is 5.95 Å². The molecule has 25 heavy (non-hydrogen) atoms. The summed E-state index contributed by atoms with van der Waals surface area (Å²) in [6, 6.07) is 0. The van der Waals surface area contributed by atoms with Gasteiger partial charge in [0.1, 0.15) is 12.0 Å². The molecular weight excluding hydrogens is 332 g/mol. The Morgan fingerprint density at radius 3 is 2.60 bits per heavy atom. The van der Waals surface area contributed by atoms with Crippen molar-refractivity contribution in [1.29, 1.82) is 0 Å². The summed E-state index contributed by atoms with van der Waals surface area (Å²) >= 11 is 0. The molecule has 9 heteroatoms. The summed E-state index contributed by atoms with van der Waals surface area (Å²) in [7, 11) is 0. The minimum absolute atomic E-state index is 0.00291. The molecule has 0 atom stereocenters. The van der Waals surface area contributed by atoms with Gasteiger partial charge in [-0.2, -0.15) is 8.78 Å². The first-order valence-corrected chi connectivity index (χ1v) is 8.06.